The first-order valence-electron chi connectivity index (χ1n) is 10.3. The number of aliphatic hydroxyl groups excluding tert-OH is 1. The maximum Gasteiger partial charge on any atom is 0.229 e. The number of pyridine rings is 1. The molecular formula is C23H28N2O4. The number of hydrogen-bond acceptors (Lipinski definition) is 5. The molecule has 6 nitrogen and oxygen atoms in total. The Hall–Kier alpha value is -2.44. The van der Waals surface area contributed by atoms with Crippen molar-refractivity contribution in [2.45, 2.75) is 32.8 Å². The highest BCUT2D eigenvalue weighted by molar-refractivity contribution is 5.94. The van der Waals surface area contributed by atoms with Crippen LogP contribution in [0.1, 0.15) is 25.3 Å². The molecule has 1 aliphatic carbocycles. The average molecular weight is 396 g/mol. The molecule has 0 spiro atoms. The van der Waals surface area contributed by atoms with Gasteiger partial charge in [-0.15, -0.1) is 0 Å². The fraction of sp³-hybridized carbons (Fsp3) is 0.478. The van der Waals surface area contributed by atoms with Crippen molar-refractivity contribution in [3.63, 3.8) is 0 Å². The van der Waals surface area contributed by atoms with Crippen molar-refractivity contribution >= 4 is 11.7 Å². The summed E-state index contributed by atoms with van der Waals surface area (Å²) >= 11 is 0. The van der Waals surface area contributed by atoms with Crippen molar-refractivity contribution in [1.29, 1.82) is 0 Å². The van der Waals surface area contributed by atoms with E-state index < -0.39 is 0 Å². The van der Waals surface area contributed by atoms with Crippen molar-refractivity contribution < 1.29 is 19.4 Å². The van der Waals surface area contributed by atoms with Gasteiger partial charge in [0.2, 0.25) is 5.91 Å². The molecular weight excluding hydrogens is 368 g/mol. The molecule has 0 bridgehead atoms. The number of hydrogen-bond donors (Lipinski definition) is 2. The first kappa shape index (κ1) is 19.9. The summed E-state index contributed by atoms with van der Waals surface area (Å²) in [6.07, 6.45) is 3.54. The summed E-state index contributed by atoms with van der Waals surface area (Å²) in [4.78, 5) is 16.5. The minimum Gasteiger partial charge on any atom is -0.490 e. The summed E-state index contributed by atoms with van der Waals surface area (Å²) < 4.78 is 11.7. The van der Waals surface area contributed by atoms with Gasteiger partial charge in [-0.2, -0.15) is 0 Å². The topological polar surface area (TPSA) is 80.7 Å². The van der Waals surface area contributed by atoms with Crippen LogP contribution in [-0.2, 0) is 9.53 Å². The van der Waals surface area contributed by atoms with Crippen LogP contribution in [-0.4, -0.2) is 41.9 Å². The average Bonchev–Trinajstić information content (AvgIpc) is 3.51. The second kappa shape index (κ2) is 8.51. The molecule has 1 aliphatic heterocycles. The van der Waals surface area contributed by atoms with E-state index in [9.17, 15) is 4.79 Å². The van der Waals surface area contributed by atoms with Crippen LogP contribution in [0.3, 0.4) is 0 Å². The molecule has 1 aromatic heterocycles. The van der Waals surface area contributed by atoms with Gasteiger partial charge in [0, 0.05) is 31.1 Å². The Morgan fingerprint density at radius 3 is 2.86 bits per heavy atom. The Morgan fingerprint density at radius 2 is 2.14 bits per heavy atom. The lowest BCUT2D eigenvalue weighted by Crippen LogP contribution is -2.34. The first-order chi connectivity index (χ1) is 14.0. The molecule has 2 aliphatic rings. The number of nitrogens with one attached hydrogen (secondary N) is 1. The lowest BCUT2D eigenvalue weighted by molar-refractivity contribution is -0.117. The second-order valence-corrected chi connectivity index (χ2v) is 8.18. The highest BCUT2D eigenvalue weighted by atomic mass is 16.5. The molecule has 29 heavy (non-hydrogen) atoms. The number of aliphatic hydroxyl groups is 1. The minimum atomic E-state index is -0.100. The zero-order valence-corrected chi connectivity index (χ0v) is 16.9. The van der Waals surface area contributed by atoms with E-state index in [4.69, 9.17) is 14.6 Å². The third-order valence-corrected chi connectivity index (χ3v) is 5.85. The quantitative estimate of drug-likeness (QED) is 0.782. The number of nitrogens with zero attached hydrogens (tertiary/aromatic N) is 1. The fourth-order valence-corrected chi connectivity index (χ4v) is 3.83. The molecule has 1 amide bonds. The summed E-state index contributed by atoms with van der Waals surface area (Å²) in [5, 5.41) is 12.0. The van der Waals surface area contributed by atoms with Crippen LogP contribution in [0, 0.1) is 24.7 Å². The van der Waals surface area contributed by atoms with Crippen molar-refractivity contribution in [2.75, 3.05) is 25.1 Å². The minimum absolute atomic E-state index is 0.0614. The van der Waals surface area contributed by atoms with E-state index in [0.717, 1.165) is 48.5 Å². The molecule has 1 saturated carbocycles. The number of aryl methyl sites for hydroxylation is 1. The summed E-state index contributed by atoms with van der Waals surface area (Å²) in [7, 11) is 0. The molecule has 6 heteroatoms. The Kier molecular flexibility index (Phi) is 5.83. The van der Waals surface area contributed by atoms with Crippen LogP contribution in [0.2, 0.25) is 0 Å². The van der Waals surface area contributed by atoms with Gasteiger partial charge in [-0.3, -0.25) is 4.79 Å². The van der Waals surface area contributed by atoms with E-state index in [-0.39, 0.29) is 30.5 Å². The second-order valence-electron chi connectivity index (χ2n) is 8.18. The molecule has 2 fully saturated rings. The Bertz CT molecular complexity index is 885. The predicted molar refractivity (Wildman–Crippen MR) is 111 cm³/mol. The molecule has 0 radical (unpaired) electrons. The lowest BCUT2D eigenvalue weighted by Gasteiger charge is -2.30. The molecule has 1 saturated heterocycles. The van der Waals surface area contributed by atoms with Crippen molar-refractivity contribution in [3.05, 3.63) is 42.1 Å². The standard InChI is InChI=1S/C23H28N2O4/c1-14-9-16(3-4-20(14)29-21-6-8-28-13-15(21)2)17-5-7-24-22(11-17)25-23(27)19-10-18(19)12-26/h3-5,7,9,11,15,18-19,21,26H,6,8,10,12-13H2,1-2H3,(H,24,25,27)/t15-,18+,19-,21?/m1/s1. The first-order valence-corrected chi connectivity index (χ1v) is 10.3. The van der Waals surface area contributed by atoms with Gasteiger partial charge in [0.05, 0.1) is 13.2 Å². The number of carbonyl (C=O) groups excluding carboxylic acids is 1. The number of rotatable bonds is 6. The summed E-state index contributed by atoms with van der Waals surface area (Å²) in [6, 6.07) is 9.96. The summed E-state index contributed by atoms with van der Waals surface area (Å²) in [5.74, 6) is 1.73. The van der Waals surface area contributed by atoms with Crippen LogP contribution in [0.4, 0.5) is 5.82 Å². The van der Waals surface area contributed by atoms with Crippen LogP contribution in [0.5, 0.6) is 5.75 Å². The summed E-state index contributed by atoms with van der Waals surface area (Å²) in [6.45, 7) is 5.76. The zero-order valence-electron chi connectivity index (χ0n) is 16.9. The van der Waals surface area contributed by atoms with Crippen LogP contribution in [0.25, 0.3) is 11.1 Å². The van der Waals surface area contributed by atoms with Crippen molar-refractivity contribution in [1.82, 2.24) is 4.98 Å². The van der Waals surface area contributed by atoms with Gasteiger partial charge in [-0.25, -0.2) is 4.98 Å². The largest absolute Gasteiger partial charge is 0.490 e. The molecule has 2 aromatic rings. The van der Waals surface area contributed by atoms with Crippen LogP contribution in [0.15, 0.2) is 36.5 Å². The Morgan fingerprint density at radius 1 is 1.31 bits per heavy atom. The third-order valence-electron chi connectivity index (χ3n) is 5.85. The van der Waals surface area contributed by atoms with E-state index >= 15 is 0 Å². The van der Waals surface area contributed by atoms with E-state index in [1.807, 2.05) is 24.3 Å². The molecule has 1 unspecified atom stereocenters. The number of anilines is 1. The number of ether oxygens (including phenoxy) is 2. The molecule has 4 rings (SSSR count). The molecule has 4 atom stereocenters. The molecule has 2 heterocycles. The predicted octanol–water partition coefficient (Wildman–Crippen LogP) is 3.43. The highest BCUT2D eigenvalue weighted by Gasteiger charge is 2.42. The van der Waals surface area contributed by atoms with Gasteiger partial charge >= 0.3 is 0 Å². The maximum atomic E-state index is 12.2. The molecule has 1 aromatic carbocycles. The van der Waals surface area contributed by atoms with Crippen molar-refractivity contribution in [2.24, 2.45) is 17.8 Å². The molecule has 154 valence electrons. The van der Waals surface area contributed by atoms with E-state index in [1.54, 1.807) is 6.20 Å². The number of amides is 1. The molecule has 2 N–H and O–H groups in total. The number of carbonyl (C=O) groups is 1. The SMILES string of the molecule is Cc1cc(-c2ccnc(NC(=O)[C@@H]3C[C@H]3CO)c2)ccc1OC1CCOC[C@H]1C. The van der Waals surface area contributed by atoms with Gasteiger partial charge in [0.25, 0.3) is 0 Å². The third kappa shape index (κ3) is 4.60. The summed E-state index contributed by atoms with van der Waals surface area (Å²) in [5.41, 5.74) is 3.11. The number of benzene rings is 1. The Balaban J connectivity index is 1.45. The lowest BCUT2D eigenvalue weighted by atomic mass is 10.00. The van der Waals surface area contributed by atoms with Gasteiger partial charge in [-0.1, -0.05) is 13.0 Å². The van der Waals surface area contributed by atoms with E-state index in [0.29, 0.717) is 11.7 Å². The van der Waals surface area contributed by atoms with E-state index in [1.165, 1.54) is 0 Å². The van der Waals surface area contributed by atoms with Crippen molar-refractivity contribution in [3.8, 4) is 16.9 Å². The number of aromatic nitrogens is 1. The highest BCUT2D eigenvalue weighted by Crippen LogP contribution is 2.38. The van der Waals surface area contributed by atoms with E-state index in [2.05, 4.69) is 30.2 Å². The zero-order chi connectivity index (χ0) is 20.4. The van der Waals surface area contributed by atoms with Crippen LogP contribution >= 0.6 is 0 Å². The van der Waals surface area contributed by atoms with Gasteiger partial charge < -0.3 is 19.9 Å². The van der Waals surface area contributed by atoms with Crippen LogP contribution < -0.4 is 10.1 Å². The van der Waals surface area contributed by atoms with Gasteiger partial charge in [0.1, 0.15) is 17.7 Å². The monoisotopic (exact) mass is 396 g/mol. The smallest absolute Gasteiger partial charge is 0.229 e. The normalized spacial score (nSPS) is 26.0. The maximum absolute atomic E-state index is 12.2. The van der Waals surface area contributed by atoms with Gasteiger partial charge in [0.15, 0.2) is 0 Å². The Labute approximate surface area is 171 Å². The van der Waals surface area contributed by atoms with Gasteiger partial charge in [-0.05, 0) is 60.2 Å². The fourth-order valence-electron chi connectivity index (χ4n) is 3.83.